The average Bonchev–Trinajstić information content (AvgIpc) is 2.98. The Morgan fingerprint density at radius 2 is 2.10 bits per heavy atom. The smallest absolute Gasteiger partial charge is 0.312 e. The fourth-order valence-corrected chi connectivity index (χ4v) is 3.87. The summed E-state index contributed by atoms with van der Waals surface area (Å²) >= 11 is 0. The molecule has 0 aromatic rings. The van der Waals surface area contributed by atoms with Gasteiger partial charge in [-0.15, -0.1) is 0 Å². The summed E-state index contributed by atoms with van der Waals surface area (Å²) in [6.45, 7) is 1.15. The zero-order valence-electron chi connectivity index (χ0n) is 11.2. The number of carbonyl (C=O) groups is 3. The summed E-state index contributed by atoms with van der Waals surface area (Å²) in [6.07, 6.45) is -0.306. The molecule has 0 aromatic heterocycles. The Labute approximate surface area is 115 Å². The van der Waals surface area contributed by atoms with Crippen LogP contribution in [0.25, 0.3) is 0 Å². The van der Waals surface area contributed by atoms with Crippen LogP contribution in [-0.4, -0.2) is 44.0 Å². The minimum absolute atomic E-state index is 0.0584. The Morgan fingerprint density at radius 3 is 2.75 bits per heavy atom. The van der Waals surface area contributed by atoms with E-state index >= 15 is 0 Å². The average molecular weight is 284 g/mol. The van der Waals surface area contributed by atoms with Crippen molar-refractivity contribution in [3.63, 3.8) is 0 Å². The molecule has 6 unspecified atom stereocenters. The molecule has 1 saturated heterocycles. The van der Waals surface area contributed by atoms with Crippen molar-refractivity contribution in [2.75, 3.05) is 13.9 Å². The van der Waals surface area contributed by atoms with Gasteiger partial charge in [-0.1, -0.05) is 0 Å². The quantitative estimate of drug-likeness (QED) is 0.404. The third-order valence-corrected chi connectivity index (χ3v) is 4.44. The second kappa shape index (κ2) is 4.73. The Balaban J connectivity index is 1.82. The van der Waals surface area contributed by atoms with Crippen LogP contribution in [0.2, 0.25) is 0 Å². The maximum Gasteiger partial charge on any atom is 0.312 e. The molecule has 0 aromatic carbocycles. The van der Waals surface area contributed by atoms with Crippen molar-refractivity contribution in [2.45, 2.75) is 25.6 Å². The highest BCUT2D eigenvalue weighted by atomic mass is 16.7. The third kappa shape index (κ3) is 1.80. The molecule has 0 N–H and O–H groups in total. The molecular formula is C13H16O7. The molecule has 3 fully saturated rings. The van der Waals surface area contributed by atoms with Crippen LogP contribution in [0.15, 0.2) is 0 Å². The zero-order chi connectivity index (χ0) is 14.4. The first-order chi connectivity index (χ1) is 9.54. The molecule has 0 radical (unpaired) electrons. The van der Waals surface area contributed by atoms with Crippen LogP contribution in [0.5, 0.6) is 0 Å². The molecule has 2 bridgehead atoms. The van der Waals surface area contributed by atoms with Gasteiger partial charge in [0, 0.05) is 25.9 Å². The SMILES string of the molecule is COCOC(=O)C1C2CC3C(OC(=O)C31)C2OC(C)=O. The molecular weight excluding hydrogens is 268 g/mol. The Kier molecular flexibility index (Phi) is 3.16. The van der Waals surface area contributed by atoms with Crippen molar-refractivity contribution in [1.82, 2.24) is 0 Å². The lowest BCUT2D eigenvalue weighted by Crippen LogP contribution is -2.43. The maximum absolute atomic E-state index is 12.1. The van der Waals surface area contributed by atoms with E-state index in [1.54, 1.807) is 0 Å². The van der Waals surface area contributed by atoms with E-state index in [9.17, 15) is 14.4 Å². The van der Waals surface area contributed by atoms with Crippen LogP contribution in [0.4, 0.5) is 0 Å². The summed E-state index contributed by atoms with van der Waals surface area (Å²) in [7, 11) is 1.41. The molecule has 0 spiro atoms. The summed E-state index contributed by atoms with van der Waals surface area (Å²) in [5.74, 6) is -2.67. The molecule has 6 atom stereocenters. The van der Waals surface area contributed by atoms with Crippen molar-refractivity contribution in [3.8, 4) is 0 Å². The Bertz CT molecular complexity index is 460. The van der Waals surface area contributed by atoms with Gasteiger partial charge in [-0.25, -0.2) is 0 Å². The predicted molar refractivity (Wildman–Crippen MR) is 62.0 cm³/mol. The lowest BCUT2D eigenvalue weighted by Gasteiger charge is -2.29. The molecule has 0 amide bonds. The van der Waals surface area contributed by atoms with Crippen molar-refractivity contribution in [1.29, 1.82) is 0 Å². The van der Waals surface area contributed by atoms with E-state index in [0.717, 1.165) is 0 Å². The highest BCUT2D eigenvalue weighted by Gasteiger charge is 2.70. The van der Waals surface area contributed by atoms with Crippen LogP contribution in [0.1, 0.15) is 13.3 Å². The van der Waals surface area contributed by atoms with Gasteiger partial charge in [-0.3, -0.25) is 14.4 Å². The van der Waals surface area contributed by atoms with Crippen molar-refractivity contribution in [2.24, 2.45) is 23.7 Å². The van der Waals surface area contributed by atoms with Gasteiger partial charge in [-0.05, 0) is 6.42 Å². The molecule has 7 nitrogen and oxygen atoms in total. The summed E-state index contributed by atoms with van der Waals surface area (Å²) in [5, 5.41) is 0. The van der Waals surface area contributed by atoms with E-state index in [0.29, 0.717) is 6.42 Å². The van der Waals surface area contributed by atoms with E-state index in [2.05, 4.69) is 0 Å². The molecule has 110 valence electrons. The van der Waals surface area contributed by atoms with Crippen molar-refractivity contribution < 1.29 is 33.3 Å². The summed E-state index contributed by atoms with van der Waals surface area (Å²) < 4.78 is 20.2. The number of methoxy groups -OCH3 is 1. The normalized spacial score (nSPS) is 40.6. The van der Waals surface area contributed by atoms with E-state index in [-0.39, 0.29) is 18.6 Å². The summed E-state index contributed by atoms with van der Waals surface area (Å²) in [6, 6.07) is 0. The summed E-state index contributed by atoms with van der Waals surface area (Å²) in [4.78, 5) is 35.2. The van der Waals surface area contributed by atoms with Gasteiger partial charge in [0.05, 0.1) is 11.8 Å². The number of rotatable bonds is 4. The third-order valence-electron chi connectivity index (χ3n) is 4.44. The second-order valence-electron chi connectivity index (χ2n) is 5.46. The van der Waals surface area contributed by atoms with Crippen LogP contribution in [-0.2, 0) is 33.3 Å². The molecule has 1 aliphatic heterocycles. The van der Waals surface area contributed by atoms with Gasteiger partial charge in [0.1, 0.15) is 12.2 Å². The summed E-state index contributed by atoms with van der Waals surface area (Å²) in [5.41, 5.74) is 0. The number of hydrogen-bond donors (Lipinski definition) is 0. The van der Waals surface area contributed by atoms with Crippen LogP contribution in [0.3, 0.4) is 0 Å². The van der Waals surface area contributed by atoms with Gasteiger partial charge in [0.15, 0.2) is 6.79 Å². The van der Waals surface area contributed by atoms with Crippen molar-refractivity contribution >= 4 is 17.9 Å². The Morgan fingerprint density at radius 1 is 1.35 bits per heavy atom. The molecule has 7 heteroatoms. The van der Waals surface area contributed by atoms with Gasteiger partial charge in [-0.2, -0.15) is 0 Å². The predicted octanol–water partition coefficient (Wildman–Crippen LogP) is -0.127. The number of esters is 3. The minimum Gasteiger partial charge on any atom is -0.458 e. The fraction of sp³-hybridized carbons (Fsp3) is 0.769. The lowest BCUT2D eigenvalue weighted by molar-refractivity contribution is -0.169. The monoisotopic (exact) mass is 284 g/mol. The van der Waals surface area contributed by atoms with E-state index < -0.39 is 42.0 Å². The molecule has 2 saturated carbocycles. The van der Waals surface area contributed by atoms with Crippen LogP contribution in [0, 0.1) is 23.7 Å². The van der Waals surface area contributed by atoms with E-state index in [1.165, 1.54) is 14.0 Å². The standard InChI is InChI=1S/C13H16O7/c1-5(14)19-10-6-3-7-9(13(16)20-11(7)10)8(6)12(15)18-4-17-2/h6-11H,3-4H2,1-2H3. The molecule has 3 aliphatic rings. The van der Waals surface area contributed by atoms with Gasteiger partial charge in [0.25, 0.3) is 0 Å². The second-order valence-corrected chi connectivity index (χ2v) is 5.46. The number of fused-ring (bicyclic) bond motifs is 1. The first kappa shape index (κ1) is 13.4. The number of carbonyl (C=O) groups excluding carboxylic acids is 3. The highest BCUT2D eigenvalue weighted by Crippen LogP contribution is 2.58. The fourth-order valence-electron chi connectivity index (χ4n) is 3.87. The van der Waals surface area contributed by atoms with E-state index in [4.69, 9.17) is 18.9 Å². The minimum atomic E-state index is -0.606. The zero-order valence-corrected chi connectivity index (χ0v) is 11.2. The largest absolute Gasteiger partial charge is 0.458 e. The van der Waals surface area contributed by atoms with Crippen LogP contribution < -0.4 is 0 Å². The first-order valence-electron chi connectivity index (χ1n) is 6.58. The van der Waals surface area contributed by atoms with Gasteiger partial charge < -0.3 is 18.9 Å². The Hall–Kier alpha value is -1.63. The molecule has 3 rings (SSSR count). The number of hydrogen-bond acceptors (Lipinski definition) is 7. The topological polar surface area (TPSA) is 88.1 Å². The van der Waals surface area contributed by atoms with Crippen LogP contribution >= 0.6 is 0 Å². The molecule has 20 heavy (non-hydrogen) atoms. The lowest BCUT2D eigenvalue weighted by atomic mass is 9.78. The molecule has 1 heterocycles. The molecule has 2 aliphatic carbocycles. The van der Waals surface area contributed by atoms with Gasteiger partial charge >= 0.3 is 17.9 Å². The maximum atomic E-state index is 12.1. The van der Waals surface area contributed by atoms with Crippen molar-refractivity contribution in [3.05, 3.63) is 0 Å². The number of ether oxygens (including phenoxy) is 4. The highest BCUT2D eigenvalue weighted by molar-refractivity contribution is 5.86. The van der Waals surface area contributed by atoms with E-state index in [1.807, 2.05) is 0 Å². The van der Waals surface area contributed by atoms with Gasteiger partial charge in [0.2, 0.25) is 0 Å². The first-order valence-corrected chi connectivity index (χ1v) is 6.58.